The second kappa shape index (κ2) is 5.51. The molecule has 6 heteroatoms. The molecule has 5 nitrogen and oxygen atoms in total. The molecule has 17 heavy (non-hydrogen) atoms. The summed E-state index contributed by atoms with van der Waals surface area (Å²) in [7, 11) is 0. The first-order valence-corrected chi connectivity index (χ1v) is 6.34. The van der Waals surface area contributed by atoms with Gasteiger partial charge < -0.3 is 11.1 Å². The summed E-state index contributed by atoms with van der Waals surface area (Å²) in [5.41, 5.74) is 6.28. The van der Waals surface area contributed by atoms with E-state index in [1.807, 2.05) is 0 Å². The maximum atomic E-state index is 5.75. The van der Waals surface area contributed by atoms with Gasteiger partial charge in [0.05, 0.1) is 11.9 Å². The van der Waals surface area contributed by atoms with Gasteiger partial charge in [0, 0.05) is 19.1 Å². The summed E-state index contributed by atoms with van der Waals surface area (Å²) >= 11 is 5.72. The number of nitrogens with two attached hydrogens (primary N) is 1. The fourth-order valence-corrected chi connectivity index (χ4v) is 2.00. The highest BCUT2D eigenvalue weighted by molar-refractivity contribution is 6.28. The third kappa shape index (κ3) is 3.44. The molecule has 94 valence electrons. The summed E-state index contributed by atoms with van der Waals surface area (Å²) < 4.78 is 0. The predicted octanol–water partition coefficient (Wildman–Crippen LogP) is 1.61. The minimum Gasteiger partial charge on any atom is -0.394 e. The Kier molecular flexibility index (Phi) is 4.02. The van der Waals surface area contributed by atoms with Crippen LogP contribution in [0.3, 0.4) is 0 Å². The maximum absolute atomic E-state index is 5.75. The van der Waals surface area contributed by atoms with Crippen molar-refractivity contribution in [1.82, 2.24) is 14.9 Å². The first kappa shape index (κ1) is 12.4. The van der Waals surface area contributed by atoms with Gasteiger partial charge in [0.15, 0.2) is 5.82 Å². The van der Waals surface area contributed by atoms with Gasteiger partial charge in [0.1, 0.15) is 0 Å². The summed E-state index contributed by atoms with van der Waals surface area (Å²) in [6, 6.07) is 0.785. The second-order valence-corrected chi connectivity index (χ2v) is 4.57. The molecule has 1 saturated carbocycles. The Hall–Kier alpha value is -1.07. The molecule has 0 aliphatic heterocycles. The van der Waals surface area contributed by atoms with E-state index in [1.165, 1.54) is 19.0 Å². The van der Waals surface area contributed by atoms with E-state index in [1.54, 1.807) is 0 Å². The number of rotatable bonds is 6. The molecule has 0 saturated heterocycles. The quantitative estimate of drug-likeness (QED) is 0.756. The lowest BCUT2D eigenvalue weighted by atomic mass is 10.4. The Morgan fingerprint density at radius 2 is 2.35 bits per heavy atom. The first-order valence-electron chi connectivity index (χ1n) is 5.96. The molecule has 0 spiro atoms. The lowest BCUT2D eigenvalue weighted by Crippen LogP contribution is -2.31. The third-order valence-corrected chi connectivity index (χ3v) is 3.13. The van der Waals surface area contributed by atoms with Crippen molar-refractivity contribution in [1.29, 1.82) is 0 Å². The van der Waals surface area contributed by atoms with E-state index in [4.69, 9.17) is 17.3 Å². The molecule has 3 N–H and O–H groups in total. The number of nitrogens with one attached hydrogen (secondary N) is 1. The van der Waals surface area contributed by atoms with Crippen LogP contribution >= 0.6 is 11.6 Å². The summed E-state index contributed by atoms with van der Waals surface area (Å²) in [6.07, 6.45) is 4.18. The lowest BCUT2D eigenvalue weighted by molar-refractivity contribution is 0.289. The Morgan fingerprint density at radius 3 is 3.00 bits per heavy atom. The predicted molar refractivity (Wildman–Crippen MR) is 70.2 cm³/mol. The topological polar surface area (TPSA) is 67.1 Å². The van der Waals surface area contributed by atoms with Crippen molar-refractivity contribution in [2.45, 2.75) is 25.8 Å². The average molecular weight is 256 g/mol. The smallest absolute Gasteiger partial charge is 0.224 e. The summed E-state index contributed by atoms with van der Waals surface area (Å²) in [4.78, 5) is 10.3. The first-order chi connectivity index (χ1) is 8.20. The van der Waals surface area contributed by atoms with Gasteiger partial charge >= 0.3 is 0 Å². The zero-order valence-electron chi connectivity index (χ0n) is 9.99. The SMILES string of the molecule is CCN(CCNc1nc(Cl)ncc1N)C1CC1. The van der Waals surface area contributed by atoms with Crippen molar-refractivity contribution in [3.8, 4) is 0 Å². The van der Waals surface area contributed by atoms with Crippen LogP contribution in [0.5, 0.6) is 0 Å². The number of likely N-dealkylation sites (N-methyl/N-ethyl adjacent to an activating group) is 1. The molecular formula is C11H18ClN5. The van der Waals surface area contributed by atoms with Gasteiger partial charge in [-0.25, -0.2) is 4.98 Å². The van der Waals surface area contributed by atoms with Gasteiger partial charge in [-0.15, -0.1) is 0 Å². The number of aromatic nitrogens is 2. The van der Waals surface area contributed by atoms with E-state index in [0.29, 0.717) is 11.5 Å². The summed E-state index contributed by atoms with van der Waals surface area (Å²) in [5, 5.41) is 3.42. The molecule has 0 atom stereocenters. The van der Waals surface area contributed by atoms with Crippen molar-refractivity contribution < 1.29 is 0 Å². The number of hydrogen-bond acceptors (Lipinski definition) is 5. The number of nitrogens with zero attached hydrogens (tertiary/aromatic N) is 3. The standard InChI is InChI=1S/C11H18ClN5/c1-2-17(8-3-4-8)6-5-14-10-9(13)7-15-11(12)16-10/h7-8H,2-6,13H2,1H3,(H,14,15,16). The van der Waals surface area contributed by atoms with E-state index < -0.39 is 0 Å². The lowest BCUT2D eigenvalue weighted by Gasteiger charge is -2.20. The van der Waals surface area contributed by atoms with Crippen LogP contribution in [-0.4, -0.2) is 40.5 Å². The molecule has 2 rings (SSSR count). The van der Waals surface area contributed by atoms with E-state index in [9.17, 15) is 0 Å². The fraction of sp³-hybridized carbons (Fsp3) is 0.636. The van der Waals surface area contributed by atoms with Crippen LogP contribution in [0, 0.1) is 0 Å². The van der Waals surface area contributed by atoms with Crippen molar-refractivity contribution in [2.24, 2.45) is 0 Å². The summed E-state index contributed by atoms with van der Waals surface area (Å²) in [5.74, 6) is 0.622. The van der Waals surface area contributed by atoms with Crippen LogP contribution < -0.4 is 11.1 Å². The van der Waals surface area contributed by atoms with Crippen molar-refractivity contribution in [2.75, 3.05) is 30.7 Å². The van der Waals surface area contributed by atoms with Crippen LogP contribution in [0.1, 0.15) is 19.8 Å². The maximum Gasteiger partial charge on any atom is 0.224 e. The van der Waals surface area contributed by atoms with Crippen LogP contribution in [-0.2, 0) is 0 Å². The van der Waals surface area contributed by atoms with E-state index in [-0.39, 0.29) is 5.28 Å². The van der Waals surface area contributed by atoms with Crippen molar-refractivity contribution in [3.63, 3.8) is 0 Å². The van der Waals surface area contributed by atoms with Crippen molar-refractivity contribution >= 4 is 23.1 Å². The number of nitrogen functional groups attached to an aromatic ring is 1. The largest absolute Gasteiger partial charge is 0.394 e. The van der Waals surface area contributed by atoms with Gasteiger partial charge in [-0.1, -0.05) is 6.92 Å². The zero-order chi connectivity index (χ0) is 12.3. The number of anilines is 2. The van der Waals surface area contributed by atoms with Crippen molar-refractivity contribution in [3.05, 3.63) is 11.5 Å². The Labute approximate surface area is 106 Å². The highest BCUT2D eigenvalue weighted by Gasteiger charge is 2.27. The highest BCUT2D eigenvalue weighted by atomic mass is 35.5. The van der Waals surface area contributed by atoms with Crippen LogP contribution in [0.2, 0.25) is 5.28 Å². The molecule has 0 radical (unpaired) electrons. The Bertz CT molecular complexity index is 380. The highest BCUT2D eigenvalue weighted by Crippen LogP contribution is 2.26. The Morgan fingerprint density at radius 1 is 1.59 bits per heavy atom. The molecule has 0 unspecified atom stereocenters. The summed E-state index contributed by atoms with van der Waals surface area (Å²) in [6.45, 7) is 5.10. The fourth-order valence-electron chi connectivity index (χ4n) is 1.87. The normalized spacial score (nSPS) is 15.2. The van der Waals surface area contributed by atoms with Crippen LogP contribution in [0.4, 0.5) is 11.5 Å². The van der Waals surface area contributed by atoms with Gasteiger partial charge in [-0.2, -0.15) is 4.98 Å². The number of halogens is 1. The molecule has 0 bridgehead atoms. The van der Waals surface area contributed by atoms with E-state index in [0.717, 1.165) is 25.7 Å². The molecule has 1 aromatic heterocycles. The molecule has 1 heterocycles. The van der Waals surface area contributed by atoms with Gasteiger partial charge in [0.2, 0.25) is 5.28 Å². The molecule has 0 aromatic carbocycles. The second-order valence-electron chi connectivity index (χ2n) is 4.23. The minimum absolute atomic E-state index is 0.219. The number of hydrogen-bond donors (Lipinski definition) is 2. The Balaban J connectivity index is 1.82. The third-order valence-electron chi connectivity index (χ3n) is 2.95. The average Bonchev–Trinajstić information content (AvgIpc) is 3.13. The molecule has 1 aliphatic carbocycles. The van der Waals surface area contributed by atoms with Gasteiger partial charge in [-0.3, -0.25) is 4.90 Å². The minimum atomic E-state index is 0.219. The molecule has 1 fully saturated rings. The van der Waals surface area contributed by atoms with Crippen LogP contribution in [0.25, 0.3) is 0 Å². The zero-order valence-corrected chi connectivity index (χ0v) is 10.7. The molecule has 1 aliphatic rings. The molecule has 1 aromatic rings. The van der Waals surface area contributed by atoms with Gasteiger partial charge in [-0.05, 0) is 31.0 Å². The van der Waals surface area contributed by atoms with E-state index >= 15 is 0 Å². The van der Waals surface area contributed by atoms with E-state index in [2.05, 4.69) is 27.1 Å². The molecule has 0 amide bonds. The monoisotopic (exact) mass is 255 g/mol. The van der Waals surface area contributed by atoms with Gasteiger partial charge in [0.25, 0.3) is 0 Å². The molecular weight excluding hydrogens is 238 g/mol. The van der Waals surface area contributed by atoms with Crippen LogP contribution in [0.15, 0.2) is 6.20 Å².